The summed E-state index contributed by atoms with van der Waals surface area (Å²) in [5.41, 5.74) is 2.17. The first-order valence-electron chi connectivity index (χ1n) is 6.25. The molecule has 0 amide bonds. The normalized spacial score (nSPS) is 12.2. The van der Waals surface area contributed by atoms with Crippen LogP contribution in [-0.2, 0) is 6.42 Å². The molecule has 0 saturated carbocycles. The van der Waals surface area contributed by atoms with Crippen molar-refractivity contribution in [3.63, 3.8) is 0 Å². The third kappa shape index (κ3) is 3.81. The maximum Gasteiger partial charge on any atom is 0.124 e. The van der Waals surface area contributed by atoms with Gasteiger partial charge in [-0.05, 0) is 47.2 Å². The highest BCUT2D eigenvalue weighted by atomic mass is 79.9. The third-order valence-electron chi connectivity index (χ3n) is 3.12. The van der Waals surface area contributed by atoms with Crippen molar-refractivity contribution in [1.82, 2.24) is 10.3 Å². The fourth-order valence-electron chi connectivity index (χ4n) is 2.08. The van der Waals surface area contributed by atoms with Crippen LogP contribution in [-0.4, -0.2) is 19.1 Å². The van der Waals surface area contributed by atoms with Crippen LogP contribution in [0.4, 0.5) is 0 Å². The zero-order valence-corrected chi connectivity index (χ0v) is 14.5. The fourth-order valence-corrected chi connectivity index (χ4v) is 2.65. The minimum absolute atomic E-state index is 0.159. The molecule has 0 aliphatic carbocycles. The molecule has 1 atom stereocenters. The number of likely N-dealkylation sites (N-methyl/N-ethyl adjacent to an activating group) is 1. The van der Waals surface area contributed by atoms with Crippen molar-refractivity contribution in [2.24, 2.45) is 0 Å². The summed E-state index contributed by atoms with van der Waals surface area (Å²) in [6.07, 6.45) is 2.63. The van der Waals surface area contributed by atoms with E-state index in [4.69, 9.17) is 4.74 Å². The van der Waals surface area contributed by atoms with E-state index < -0.39 is 0 Å². The van der Waals surface area contributed by atoms with Crippen LogP contribution < -0.4 is 10.1 Å². The minimum atomic E-state index is 0.159. The Bertz CT molecular complexity index is 573. The molecule has 0 spiro atoms. The smallest absolute Gasteiger partial charge is 0.124 e. The molecule has 5 heteroatoms. The van der Waals surface area contributed by atoms with Crippen LogP contribution >= 0.6 is 31.9 Å². The Kier molecular flexibility index (Phi) is 5.57. The standard InChI is InChI=1S/C15H16Br2N2O/c1-18-14(8-12-5-3-11(17)9-19-12)13-6-4-10(16)7-15(13)20-2/h3-7,9,14,18H,8H2,1-2H3. The SMILES string of the molecule is CNC(Cc1ccc(Br)cn1)c1ccc(Br)cc1OC. The largest absolute Gasteiger partial charge is 0.496 e. The number of ether oxygens (including phenoxy) is 1. The molecule has 3 nitrogen and oxygen atoms in total. The predicted octanol–water partition coefficient (Wildman–Crippen LogP) is 4.12. The van der Waals surface area contributed by atoms with Gasteiger partial charge in [0.25, 0.3) is 0 Å². The molecule has 1 heterocycles. The van der Waals surface area contributed by atoms with E-state index in [1.165, 1.54) is 0 Å². The quantitative estimate of drug-likeness (QED) is 0.821. The molecule has 2 aromatic rings. The summed E-state index contributed by atoms with van der Waals surface area (Å²) in [6, 6.07) is 10.3. The van der Waals surface area contributed by atoms with Gasteiger partial charge >= 0.3 is 0 Å². The number of halogens is 2. The minimum Gasteiger partial charge on any atom is -0.496 e. The molecule has 20 heavy (non-hydrogen) atoms. The Labute approximate surface area is 136 Å². The van der Waals surface area contributed by atoms with Gasteiger partial charge in [0.15, 0.2) is 0 Å². The first-order valence-corrected chi connectivity index (χ1v) is 7.83. The van der Waals surface area contributed by atoms with Crippen LogP contribution in [0, 0.1) is 0 Å². The van der Waals surface area contributed by atoms with Crippen LogP contribution in [0.2, 0.25) is 0 Å². The first kappa shape index (κ1) is 15.5. The van der Waals surface area contributed by atoms with Gasteiger partial charge in [-0.1, -0.05) is 22.0 Å². The summed E-state index contributed by atoms with van der Waals surface area (Å²) in [4.78, 5) is 4.43. The molecule has 0 radical (unpaired) electrons. The average Bonchev–Trinajstić information content (AvgIpc) is 2.47. The second kappa shape index (κ2) is 7.20. The monoisotopic (exact) mass is 398 g/mol. The molecule has 0 aliphatic heterocycles. The average molecular weight is 400 g/mol. The number of methoxy groups -OCH3 is 1. The summed E-state index contributed by atoms with van der Waals surface area (Å²) in [5.74, 6) is 0.871. The van der Waals surface area contributed by atoms with Crippen LogP contribution in [0.25, 0.3) is 0 Å². The van der Waals surface area contributed by atoms with Crippen LogP contribution in [0.5, 0.6) is 5.75 Å². The van der Waals surface area contributed by atoms with Crippen molar-refractivity contribution in [3.8, 4) is 5.75 Å². The highest BCUT2D eigenvalue weighted by molar-refractivity contribution is 9.10. The van der Waals surface area contributed by atoms with E-state index in [0.29, 0.717) is 0 Å². The van der Waals surface area contributed by atoms with Gasteiger partial charge in [0.1, 0.15) is 5.75 Å². The number of rotatable bonds is 5. The molecule has 1 aromatic carbocycles. The number of hydrogen-bond donors (Lipinski definition) is 1. The molecule has 1 aromatic heterocycles. The van der Waals surface area contributed by atoms with Gasteiger partial charge in [0.05, 0.1) is 7.11 Å². The highest BCUT2D eigenvalue weighted by Gasteiger charge is 2.16. The highest BCUT2D eigenvalue weighted by Crippen LogP contribution is 2.30. The zero-order valence-electron chi connectivity index (χ0n) is 11.4. The van der Waals surface area contributed by atoms with Crippen molar-refractivity contribution < 1.29 is 4.74 Å². The molecule has 1 N–H and O–H groups in total. The topological polar surface area (TPSA) is 34.2 Å². The lowest BCUT2D eigenvalue weighted by atomic mass is 10.0. The Balaban J connectivity index is 2.26. The second-order valence-corrected chi connectivity index (χ2v) is 6.23. The van der Waals surface area contributed by atoms with Gasteiger partial charge in [0.2, 0.25) is 0 Å². The predicted molar refractivity (Wildman–Crippen MR) is 88.1 cm³/mol. The molecule has 2 rings (SSSR count). The van der Waals surface area contributed by atoms with Gasteiger partial charge in [-0.25, -0.2) is 0 Å². The van der Waals surface area contributed by atoms with Gasteiger partial charge in [-0.15, -0.1) is 0 Å². The number of benzene rings is 1. The van der Waals surface area contributed by atoms with E-state index in [0.717, 1.165) is 32.4 Å². The van der Waals surface area contributed by atoms with Crippen molar-refractivity contribution >= 4 is 31.9 Å². The van der Waals surface area contributed by atoms with Crippen LogP contribution in [0.3, 0.4) is 0 Å². The summed E-state index contributed by atoms with van der Waals surface area (Å²) >= 11 is 6.87. The van der Waals surface area contributed by atoms with Gasteiger partial charge < -0.3 is 10.1 Å². The molecule has 1 unspecified atom stereocenters. The molecule has 106 valence electrons. The second-order valence-electron chi connectivity index (χ2n) is 4.40. The number of pyridine rings is 1. The third-order valence-corrected chi connectivity index (χ3v) is 4.08. The van der Waals surface area contributed by atoms with Crippen molar-refractivity contribution in [1.29, 1.82) is 0 Å². The maximum atomic E-state index is 5.47. The zero-order chi connectivity index (χ0) is 14.5. The van der Waals surface area contributed by atoms with Crippen LogP contribution in [0.1, 0.15) is 17.3 Å². The number of aromatic nitrogens is 1. The molecule has 0 saturated heterocycles. The Morgan fingerprint density at radius 3 is 2.55 bits per heavy atom. The first-order chi connectivity index (χ1) is 9.63. The summed E-state index contributed by atoms with van der Waals surface area (Å²) in [6.45, 7) is 0. The summed E-state index contributed by atoms with van der Waals surface area (Å²) in [5, 5.41) is 3.33. The molecule has 0 aliphatic rings. The molecule has 0 bridgehead atoms. The van der Waals surface area contributed by atoms with E-state index in [-0.39, 0.29) is 6.04 Å². The molecule has 0 fully saturated rings. The summed E-state index contributed by atoms with van der Waals surface area (Å²) < 4.78 is 7.47. The van der Waals surface area contributed by atoms with Gasteiger partial charge in [-0.3, -0.25) is 4.98 Å². The number of hydrogen-bond acceptors (Lipinski definition) is 3. The van der Waals surface area contributed by atoms with Gasteiger partial charge in [0, 0.05) is 38.9 Å². The number of nitrogens with one attached hydrogen (secondary N) is 1. The molecular weight excluding hydrogens is 384 g/mol. The Morgan fingerprint density at radius 1 is 1.20 bits per heavy atom. The van der Waals surface area contributed by atoms with E-state index in [1.54, 1.807) is 7.11 Å². The Hall–Kier alpha value is -0.910. The van der Waals surface area contributed by atoms with Crippen LogP contribution in [0.15, 0.2) is 45.5 Å². The lowest BCUT2D eigenvalue weighted by molar-refractivity contribution is 0.400. The fraction of sp³-hybridized carbons (Fsp3) is 0.267. The summed E-state index contributed by atoms with van der Waals surface area (Å²) in [7, 11) is 3.64. The van der Waals surface area contributed by atoms with E-state index in [9.17, 15) is 0 Å². The van der Waals surface area contributed by atoms with Crippen molar-refractivity contribution in [2.75, 3.05) is 14.2 Å². The molecular formula is C15H16Br2N2O. The lowest BCUT2D eigenvalue weighted by Gasteiger charge is -2.19. The van der Waals surface area contributed by atoms with Crippen molar-refractivity contribution in [3.05, 3.63) is 56.7 Å². The maximum absolute atomic E-state index is 5.47. The Morgan fingerprint density at radius 2 is 1.95 bits per heavy atom. The number of nitrogens with zero attached hydrogens (tertiary/aromatic N) is 1. The van der Waals surface area contributed by atoms with Gasteiger partial charge in [-0.2, -0.15) is 0 Å². The van der Waals surface area contributed by atoms with Crippen molar-refractivity contribution in [2.45, 2.75) is 12.5 Å². The lowest BCUT2D eigenvalue weighted by Crippen LogP contribution is -2.20. The van der Waals surface area contributed by atoms with E-state index in [1.807, 2.05) is 37.5 Å². The van der Waals surface area contributed by atoms with E-state index >= 15 is 0 Å². The van der Waals surface area contributed by atoms with E-state index in [2.05, 4.69) is 48.2 Å².